The van der Waals surface area contributed by atoms with E-state index in [0.717, 1.165) is 18.7 Å². The van der Waals surface area contributed by atoms with E-state index in [1.807, 2.05) is 24.3 Å². The number of benzene rings is 2. The minimum atomic E-state index is -0.443. The lowest BCUT2D eigenvalue weighted by atomic mass is 10.0. The Morgan fingerprint density at radius 3 is 2.59 bits per heavy atom. The number of carbonyl (C=O) groups is 1. The zero-order valence-corrected chi connectivity index (χ0v) is 16.0. The van der Waals surface area contributed by atoms with Crippen LogP contribution in [0.3, 0.4) is 0 Å². The highest BCUT2D eigenvalue weighted by atomic mass is 35.5. The Labute approximate surface area is 163 Å². The fourth-order valence-corrected chi connectivity index (χ4v) is 3.98. The lowest BCUT2D eigenvalue weighted by molar-refractivity contribution is -0.918. The van der Waals surface area contributed by atoms with Gasteiger partial charge in [0.1, 0.15) is 6.04 Å². The maximum atomic E-state index is 12.6. The SMILES string of the molecule is Cc1cc(C(=O)NC[C@@H](c2ccccc2Cl)[NH+]2CCCC2)ccc1[N+](=O)[O-]. The molecule has 2 N–H and O–H groups in total. The number of nitrogens with zero attached hydrogens (tertiary/aromatic N) is 1. The molecule has 1 heterocycles. The van der Waals surface area contributed by atoms with Crippen molar-refractivity contribution < 1.29 is 14.6 Å². The largest absolute Gasteiger partial charge is 0.346 e. The van der Waals surface area contributed by atoms with Crippen LogP contribution in [-0.2, 0) is 0 Å². The first-order chi connectivity index (χ1) is 13.0. The number of nitrogens with one attached hydrogen (secondary N) is 2. The maximum absolute atomic E-state index is 12.6. The fourth-order valence-electron chi connectivity index (χ4n) is 3.71. The average Bonchev–Trinajstić information content (AvgIpc) is 3.17. The quantitative estimate of drug-likeness (QED) is 0.590. The van der Waals surface area contributed by atoms with Gasteiger partial charge in [-0.2, -0.15) is 0 Å². The van der Waals surface area contributed by atoms with Crippen molar-refractivity contribution in [2.45, 2.75) is 25.8 Å². The Balaban J connectivity index is 1.75. The van der Waals surface area contributed by atoms with Crippen LogP contribution in [0.25, 0.3) is 0 Å². The second kappa shape index (κ2) is 8.50. The third-order valence-electron chi connectivity index (χ3n) is 5.14. The molecule has 1 amide bonds. The molecular weight excluding hydrogens is 366 g/mol. The molecule has 2 aromatic rings. The van der Waals surface area contributed by atoms with Crippen molar-refractivity contribution in [1.29, 1.82) is 0 Å². The van der Waals surface area contributed by atoms with Crippen LogP contribution in [-0.4, -0.2) is 30.5 Å². The summed E-state index contributed by atoms with van der Waals surface area (Å²) < 4.78 is 0. The summed E-state index contributed by atoms with van der Waals surface area (Å²) in [6.07, 6.45) is 2.34. The number of amides is 1. The smallest absolute Gasteiger partial charge is 0.272 e. The summed E-state index contributed by atoms with van der Waals surface area (Å²) >= 11 is 6.41. The molecule has 142 valence electrons. The molecule has 1 fully saturated rings. The molecule has 7 heteroatoms. The summed E-state index contributed by atoms with van der Waals surface area (Å²) in [5.41, 5.74) is 1.95. The average molecular weight is 389 g/mol. The molecule has 0 aromatic heterocycles. The predicted octanol–water partition coefficient (Wildman–Crippen LogP) is 2.71. The lowest BCUT2D eigenvalue weighted by Crippen LogP contribution is -3.11. The molecule has 27 heavy (non-hydrogen) atoms. The highest BCUT2D eigenvalue weighted by molar-refractivity contribution is 6.31. The molecule has 6 nitrogen and oxygen atoms in total. The summed E-state index contributed by atoms with van der Waals surface area (Å²) in [6.45, 7) is 4.22. The summed E-state index contributed by atoms with van der Waals surface area (Å²) in [6, 6.07) is 12.3. The third-order valence-corrected chi connectivity index (χ3v) is 5.49. The molecule has 1 aliphatic heterocycles. The van der Waals surface area contributed by atoms with Crippen LogP contribution in [0.5, 0.6) is 0 Å². The van der Waals surface area contributed by atoms with Gasteiger partial charge in [0.2, 0.25) is 0 Å². The number of halogens is 1. The highest BCUT2D eigenvalue weighted by Gasteiger charge is 2.29. The summed E-state index contributed by atoms with van der Waals surface area (Å²) in [5, 5.41) is 14.6. The molecular formula is C20H23ClN3O3+. The van der Waals surface area contributed by atoms with Crippen LogP contribution < -0.4 is 10.2 Å². The molecule has 1 aliphatic rings. The number of carbonyl (C=O) groups excluding carboxylic acids is 1. The summed E-state index contributed by atoms with van der Waals surface area (Å²) in [4.78, 5) is 24.5. The van der Waals surface area contributed by atoms with Gasteiger partial charge in [-0.3, -0.25) is 14.9 Å². The monoisotopic (exact) mass is 388 g/mol. The van der Waals surface area contributed by atoms with E-state index >= 15 is 0 Å². The number of hydrogen-bond acceptors (Lipinski definition) is 3. The van der Waals surface area contributed by atoms with Crippen molar-refractivity contribution in [2.75, 3.05) is 19.6 Å². The number of likely N-dealkylation sites (tertiary alicyclic amines) is 1. The maximum Gasteiger partial charge on any atom is 0.272 e. The molecule has 2 aromatic carbocycles. The van der Waals surface area contributed by atoms with E-state index in [1.54, 1.807) is 13.0 Å². The van der Waals surface area contributed by atoms with Crippen LogP contribution >= 0.6 is 11.6 Å². The number of quaternary nitrogens is 1. The number of aryl methyl sites for hydroxylation is 1. The molecule has 3 rings (SSSR count). The summed E-state index contributed by atoms with van der Waals surface area (Å²) in [5.74, 6) is -0.233. The number of hydrogen-bond donors (Lipinski definition) is 2. The fraction of sp³-hybridized carbons (Fsp3) is 0.350. The van der Waals surface area contributed by atoms with Crippen molar-refractivity contribution in [2.24, 2.45) is 0 Å². The second-order valence-corrected chi connectivity index (χ2v) is 7.32. The van der Waals surface area contributed by atoms with Crippen LogP contribution in [0, 0.1) is 17.0 Å². The Kier molecular flexibility index (Phi) is 6.08. The van der Waals surface area contributed by atoms with E-state index in [1.165, 1.54) is 29.9 Å². The van der Waals surface area contributed by atoms with E-state index in [2.05, 4.69) is 5.32 Å². The highest BCUT2D eigenvalue weighted by Crippen LogP contribution is 2.22. The van der Waals surface area contributed by atoms with Gasteiger partial charge in [-0.15, -0.1) is 0 Å². The molecule has 0 unspecified atom stereocenters. The van der Waals surface area contributed by atoms with Crippen LogP contribution in [0.1, 0.15) is 40.4 Å². The van der Waals surface area contributed by atoms with Gasteiger partial charge < -0.3 is 10.2 Å². The van der Waals surface area contributed by atoms with Gasteiger partial charge in [-0.25, -0.2) is 0 Å². The Morgan fingerprint density at radius 2 is 1.96 bits per heavy atom. The van der Waals surface area contributed by atoms with E-state index in [0.29, 0.717) is 22.7 Å². The van der Waals surface area contributed by atoms with Gasteiger partial charge in [-0.1, -0.05) is 29.8 Å². The zero-order chi connectivity index (χ0) is 19.4. The van der Waals surface area contributed by atoms with E-state index in [-0.39, 0.29) is 17.6 Å². The first-order valence-electron chi connectivity index (χ1n) is 9.09. The molecule has 0 saturated carbocycles. The van der Waals surface area contributed by atoms with Gasteiger partial charge in [0, 0.05) is 40.6 Å². The van der Waals surface area contributed by atoms with E-state index in [9.17, 15) is 14.9 Å². The van der Waals surface area contributed by atoms with Crippen molar-refractivity contribution >= 4 is 23.2 Å². The molecule has 0 spiro atoms. The first-order valence-corrected chi connectivity index (χ1v) is 9.47. The van der Waals surface area contributed by atoms with Crippen molar-refractivity contribution in [3.63, 3.8) is 0 Å². The first kappa shape index (κ1) is 19.3. The van der Waals surface area contributed by atoms with Gasteiger partial charge in [0.05, 0.1) is 24.6 Å². The normalized spacial score (nSPS) is 15.5. The molecule has 0 radical (unpaired) electrons. The minimum absolute atomic E-state index is 0.0157. The van der Waals surface area contributed by atoms with Crippen LogP contribution in [0.15, 0.2) is 42.5 Å². The molecule has 0 aliphatic carbocycles. The van der Waals surface area contributed by atoms with Crippen molar-refractivity contribution in [1.82, 2.24) is 5.32 Å². The van der Waals surface area contributed by atoms with Gasteiger partial charge in [0.25, 0.3) is 11.6 Å². The number of nitro benzene ring substituents is 1. The Hall–Kier alpha value is -2.44. The van der Waals surface area contributed by atoms with Crippen molar-refractivity contribution in [3.05, 3.63) is 74.3 Å². The topological polar surface area (TPSA) is 76.7 Å². The number of nitro groups is 1. The van der Waals surface area contributed by atoms with Crippen LogP contribution in [0.4, 0.5) is 5.69 Å². The Bertz CT molecular complexity index is 850. The second-order valence-electron chi connectivity index (χ2n) is 6.91. The van der Waals surface area contributed by atoms with Gasteiger partial charge >= 0.3 is 0 Å². The molecule has 1 atom stereocenters. The predicted molar refractivity (Wildman–Crippen MR) is 104 cm³/mol. The number of rotatable bonds is 6. The van der Waals surface area contributed by atoms with Crippen LogP contribution in [0.2, 0.25) is 5.02 Å². The van der Waals surface area contributed by atoms with Crippen molar-refractivity contribution in [3.8, 4) is 0 Å². The third kappa shape index (κ3) is 4.46. The summed E-state index contributed by atoms with van der Waals surface area (Å²) in [7, 11) is 0. The van der Waals surface area contributed by atoms with Gasteiger partial charge in [0.15, 0.2) is 0 Å². The molecule has 1 saturated heterocycles. The van der Waals surface area contributed by atoms with E-state index < -0.39 is 4.92 Å². The lowest BCUT2D eigenvalue weighted by Gasteiger charge is -2.26. The standard InChI is InChI=1S/C20H22ClN3O3/c1-14-12-15(8-9-18(14)24(26)27)20(25)22-13-19(23-10-4-5-11-23)16-6-2-3-7-17(16)21/h2-3,6-9,12,19H,4-5,10-11,13H2,1H3,(H,22,25)/p+1/t19-/m0/s1. The Morgan fingerprint density at radius 1 is 1.26 bits per heavy atom. The molecule has 0 bridgehead atoms. The minimum Gasteiger partial charge on any atom is -0.346 e. The van der Waals surface area contributed by atoms with E-state index in [4.69, 9.17) is 11.6 Å². The zero-order valence-electron chi connectivity index (χ0n) is 15.2. The van der Waals surface area contributed by atoms with Gasteiger partial charge in [-0.05, 0) is 25.1 Å².